The molecule has 5 rings (SSSR count). The lowest BCUT2D eigenvalue weighted by Gasteiger charge is -2.19. The number of aryl methyl sites for hydroxylation is 2. The smallest absolute Gasteiger partial charge is 0.204 e. The van der Waals surface area contributed by atoms with Crippen LogP contribution in [-0.4, -0.2) is 9.55 Å². The molecule has 0 saturated carbocycles. The second-order valence-corrected chi connectivity index (χ2v) is 7.60. The Balaban J connectivity index is 1.74. The second kappa shape index (κ2) is 7.16. The molecule has 0 aromatic heterocycles. The predicted molar refractivity (Wildman–Crippen MR) is 123 cm³/mol. The van der Waals surface area contributed by atoms with E-state index in [2.05, 4.69) is 41.1 Å². The summed E-state index contributed by atoms with van der Waals surface area (Å²) in [5.41, 5.74) is 8.10. The average molecular weight is 391 g/mol. The first kappa shape index (κ1) is 18.1. The maximum atomic E-state index is 13.0. The van der Waals surface area contributed by atoms with Crippen LogP contribution in [0.1, 0.15) is 11.1 Å². The normalized spacial score (nSPS) is 11.1. The molecule has 30 heavy (non-hydrogen) atoms. The van der Waals surface area contributed by atoms with E-state index in [9.17, 15) is 4.79 Å². The van der Waals surface area contributed by atoms with Crippen molar-refractivity contribution in [1.82, 2.24) is 9.55 Å². The van der Waals surface area contributed by atoms with Gasteiger partial charge in [-0.15, -0.1) is 0 Å². The lowest BCUT2D eigenvalue weighted by Crippen LogP contribution is -2.13. The molecule has 1 aliphatic heterocycles. The molecule has 0 radical (unpaired) electrons. The Morgan fingerprint density at radius 1 is 0.800 bits per heavy atom. The minimum absolute atomic E-state index is 0.0685. The van der Waals surface area contributed by atoms with Crippen molar-refractivity contribution in [2.24, 2.45) is 0 Å². The maximum absolute atomic E-state index is 13.0. The van der Waals surface area contributed by atoms with Gasteiger partial charge in [-0.05, 0) is 56.3 Å². The molecule has 2 aliphatic rings. The first-order valence-corrected chi connectivity index (χ1v) is 9.95. The fourth-order valence-electron chi connectivity index (χ4n) is 3.70. The number of aromatic nitrogens is 2. The predicted octanol–water partition coefficient (Wildman–Crippen LogP) is 5.85. The number of hydrogen-bond acceptors (Lipinski definition) is 3. The van der Waals surface area contributed by atoms with Crippen molar-refractivity contribution < 1.29 is 0 Å². The molecule has 0 atom stereocenters. The standard InChI is InChI=1S/C26H21N3O/c1-17-7-11-19(12-8-17)27-23-15-22-25(16-26(23)30)29(20-13-9-18(2)10-14-20)24-6-4-3-5-21(24)28-22/h3-16,27H,1-2H3. The quantitative estimate of drug-likeness (QED) is 0.392. The highest BCUT2D eigenvalue weighted by Gasteiger charge is 2.17. The zero-order valence-corrected chi connectivity index (χ0v) is 16.9. The van der Waals surface area contributed by atoms with Gasteiger partial charge < -0.3 is 9.88 Å². The second-order valence-electron chi connectivity index (χ2n) is 7.60. The average Bonchev–Trinajstić information content (AvgIpc) is 2.75. The molecule has 4 nitrogen and oxygen atoms in total. The highest BCUT2D eigenvalue weighted by molar-refractivity contribution is 5.84. The lowest BCUT2D eigenvalue weighted by molar-refractivity contribution is 1.08. The van der Waals surface area contributed by atoms with E-state index in [1.165, 1.54) is 11.1 Å². The number of hydrogen-bond donors (Lipinski definition) is 1. The molecule has 0 spiro atoms. The van der Waals surface area contributed by atoms with Gasteiger partial charge in [0, 0.05) is 17.4 Å². The zero-order chi connectivity index (χ0) is 20.7. The number of nitrogens with zero attached hydrogens (tertiary/aromatic N) is 2. The first-order chi connectivity index (χ1) is 14.6. The van der Waals surface area contributed by atoms with Crippen LogP contribution in [-0.2, 0) is 0 Å². The van der Waals surface area contributed by atoms with Crippen LogP contribution in [0.3, 0.4) is 0 Å². The summed E-state index contributed by atoms with van der Waals surface area (Å²) >= 11 is 0. The number of para-hydroxylation sites is 2. The van der Waals surface area contributed by atoms with E-state index in [-0.39, 0.29) is 5.43 Å². The Labute approximate surface area is 174 Å². The Hall–Kier alpha value is -3.92. The maximum Gasteiger partial charge on any atom is 0.204 e. The van der Waals surface area contributed by atoms with E-state index in [0.717, 1.165) is 33.8 Å². The Bertz CT molecular complexity index is 1380. The number of rotatable bonds is 3. The van der Waals surface area contributed by atoms with Gasteiger partial charge in [0.05, 0.1) is 28.1 Å². The monoisotopic (exact) mass is 391 g/mol. The van der Waals surface area contributed by atoms with Crippen LogP contribution in [0.4, 0.5) is 11.4 Å². The summed E-state index contributed by atoms with van der Waals surface area (Å²) in [7, 11) is 0. The number of fused-ring (bicyclic) bond motifs is 2. The number of anilines is 2. The molecule has 0 unspecified atom stereocenters. The fraction of sp³-hybridized carbons (Fsp3) is 0.0769. The Morgan fingerprint density at radius 3 is 2.20 bits per heavy atom. The summed E-state index contributed by atoms with van der Waals surface area (Å²) in [6, 6.07) is 27.8. The van der Waals surface area contributed by atoms with Crippen molar-refractivity contribution in [3.63, 3.8) is 0 Å². The van der Waals surface area contributed by atoms with E-state index in [0.29, 0.717) is 5.69 Å². The third kappa shape index (κ3) is 3.22. The van der Waals surface area contributed by atoms with E-state index in [1.54, 1.807) is 6.07 Å². The van der Waals surface area contributed by atoms with Crippen molar-refractivity contribution in [2.45, 2.75) is 13.8 Å². The Morgan fingerprint density at radius 2 is 1.47 bits per heavy atom. The molecule has 3 aromatic carbocycles. The summed E-state index contributed by atoms with van der Waals surface area (Å²) in [5, 5.41) is 3.24. The molecule has 1 N–H and O–H groups in total. The summed E-state index contributed by atoms with van der Waals surface area (Å²) in [4.78, 5) is 17.8. The summed E-state index contributed by atoms with van der Waals surface area (Å²) in [6.45, 7) is 4.10. The van der Waals surface area contributed by atoms with Crippen molar-refractivity contribution in [3.05, 3.63) is 106 Å². The first-order valence-electron chi connectivity index (χ1n) is 9.95. The molecule has 0 saturated heterocycles. The summed E-state index contributed by atoms with van der Waals surface area (Å²) in [6.07, 6.45) is 0. The van der Waals surface area contributed by atoms with Gasteiger partial charge in [0.2, 0.25) is 5.43 Å². The van der Waals surface area contributed by atoms with E-state index >= 15 is 0 Å². The van der Waals surface area contributed by atoms with Crippen molar-refractivity contribution in [2.75, 3.05) is 5.32 Å². The molecule has 1 aliphatic carbocycles. The van der Waals surface area contributed by atoms with Crippen LogP contribution < -0.4 is 10.7 Å². The van der Waals surface area contributed by atoms with Crippen LogP contribution in [0, 0.1) is 13.8 Å². The van der Waals surface area contributed by atoms with E-state index in [4.69, 9.17) is 4.98 Å². The molecule has 4 heteroatoms. The number of benzene rings is 4. The summed E-state index contributed by atoms with van der Waals surface area (Å²) < 4.78 is 2.11. The number of nitrogens with one attached hydrogen (secondary N) is 1. The van der Waals surface area contributed by atoms with Crippen LogP contribution in [0.15, 0.2) is 89.7 Å². The van der Waals surface area contributed by atoms with Gasteiger partial charge in [-0.1, -0.05) is 47.5 Å². The van der Waals surface area contributed by atoms with Crippen LogP contribution in [0.5, 0.6) is 0 Å². The molecule has 146 valence electrons. The molecule has 0 amide bonds. The molecular formula is C26H21N3O. The third-order valence-corrected chi connectivity index (χ3v) is 5.30. The third-order valence-electron chi connectivity index (χ3n) is 5.30. The largest absolute Gasteiger partial charge is 0.352 e. The molecule has 1 heterocycles. The van der Waals surface area contributed by atoms with Crippen molar-refractivity contribution in [1.29, 1.82) is 0 Å². The van der Waals surface area contributed by atoms with Crippen molar-refractivity contribution >= 4 is 22.4 Å². The van der Waals surface area contributed by atoms with Gasteiger partial charge in [-0.25, -0.2) is 4.98 Å². The summed E-state index contributed by atoms with van der Waals surface area (Å²) in [5.74, 6) is 0. The van der Waals surface area contributed by atoms with Gasteiger partial charge in [-0.3, -0.25) is 4.79 Å². The molecular weight excluding hydrogens is 370 g/mol. The van der Waals surface area contributed by atoms with E-state index in [1.807, 2.05) is 61.5 Å². The fourth-order valence-corrected chi connectivity index (χ4v) is 3.70. The van der Waals surface area contributed by atoms with Crippen LogP contribution in [0.2, 0.25) is 0 Å². The molecule has 0 fully saturated rings. The highest BCUT2D eigenvalue weighted by atomic mass is 16.1. The van der Waals surface area contributed by atoms with Crippen molar-refractivity contribution in [3.8, 4) is 17.1 Å². The SMILES string of the molecule is Cc1ccc(Nc2cc3nc4ccccc4n(-c4ccc(C)cc4)c-3cc2=O)cc1. The zero-order valence-electron chi connectivity index (χ0n) is 16.9. The van der Waals surface area contributed by atoms with Gasteiger partial charge in [0.1, 0.15) is 0 Å². The topological polar surface area (TPSA) is 46.9 Å². The van der Waals surface area contributed by atoms with E-state index < -0.39 is 0 Å². The van der Waals surface area contributed by atoms with Crippen LogP contribution >= 0.6 is 0 Å². The minimum Gasteiger partial charge on any atom is -0.352 e. The molecule has 3 aromatic rings. The minimum atomic E-state index is -0.0685. The van der Waals surface area contributed by atoms with Gasteiger partial charge in [0.25, 0.3) is 0 Å². The van der Waals surface area contributed by atoms with Gasteiger partial charge in [-0.2, -0.15) is 0 Å². The molecule has 0 bridgehead atoms. The van der Waals surface area contributed by atoms with Gasteiger partial charge in [0.15, 0.2) is 0 Å². The Kier molecular flexibility index (Phi) is 4.32. The lowest BCUT2D eigenvalue weighted by atomic mass is 10.1. The van der Waals surface area contributed by atoms with Gasteiger partial charge >= 0.3 is 0 Å². The highest BCUT2D eigenvalue weighted by Crippen LogP contribution is 2.30. The van der Waals surface area contributed by atoms with Crippen LogP contribution in [0.25, 0.3) is 28.1 Å².